The number of nitrogens with zero attached hydrogens (tertiary/aromatic N) is 1. The summed E-state index contributed by atoms with van der Waals surface area (Å²) in [4.78, 5) is 36.3. The van der Waals surface area contributed by atoms with Crippen molar-refractivity contribution in [3.63, 3.8) is 0 Å². The van der Waals surface area contributed by atoms with Crippen LogP contribution in [0.25, 0.3) is 0 Å². The lowest BCUT2D eigenvalue weighted by Gasteiger charge is -2.23. The Hall–Kier alpha value is -2.57. The lowest BCUT2D eigenvalue weighted by molar-refractivity contribution is -0.116. The monoisotopic (exact) mass is 336 g/mol. The maximum atomic E-state index is 11.8. The van der Waals surface area contributed by atoms with Gasteiger partial charge in [-0.1, -0.05) is 0 Å². The number of ether oxygens (including phenoxy) is 2. The molecule has 2 amide bonds. The first-order chi connectivity index (χ1) is 11.1. The van der Waals surface area contributed by atoms with Crippen LogP contribution in [0.2, 0.25) is 0 Å². The highest BCUT2D eigenvalue weighted by Gasteiger charge is 2.17. The van der Waals surface area contributed by atoms with Crippen LogP contribution in [0.4, 0.5) is 10.5 Å². The quantitative estimate of drug-likeness (QED) is 0.834. The molecule has 1 aromatic carbocycles. The van der Waals surface area contributed by atoms with Crippen LogP contribution in [0.15, 0.2) is 24.3 Å². The Balaban J connectivity index is 2.66. The zero-order valence-corrected chi connectivity index (χ0v) is 14.7. The van der Waals surface area contributed by atoms with Crippen LogP contribution >= 0.6 is 0 Å². The third kappa shape index (κ3) is 6.28. The number of methoxy groups -OCH3 is 1. The highest BCUT2D eigenvalue weighted by molar-refractivity contribution is 5.93. The van der Waals surface area contributed by atoms with Crippen LogP contribution in [-0.2, 0) is 14.3 Å². The molecule has 0 aliphatic rings. The average Bonchev–Trinajstić information content (AvgIpc) is 2.49. The summed E-state index contributed by atoms with van der Waals surface area (Å²) in [5.41, 5.74) is 0.450. The van der Waals surface area contributed by atoms with E-state index in [0.29, 0.717) is 11.3 Å². The van der Waals surface area contributed by atoms with Crippen molar-refractivity contribution in [2.75, 3.05) is 25.1 Å². The molecular formula is C17H24N2O5. The summed E-state index contributed by atoms with van der Waals surface area (Å²) in [5, 5.41) is 2.60. The first-order valence-electron chi connectivity index (χ1n) is 7.57. The van der Waals surface area contributed by atoms with Gasteiger partial charge in [0.15, 0.2) is 0 Å². The summed E-state index contributed by atoms with van der Waals surface area (Å²) in [6.45, 7) is 7.28. The van der Waals surface area contributed by atoms with Crippen molar-refractivity contribution >= 4 is 23.7 Å². The number of alkyl carbamates (subject to hydrolysis) is 1. The van der Waals surface area contributed by atoms with E-state index >= 15 is 0 Å². The number of rotatable bonds is 5. The maximum absolute atomic E-state index is 11.8. The van der Waals surface area contributed by atoms with Crippen LogP contribution in [0.5, 0.6) is 0 Å². The van der Waals surface area contributed by atoms with Gasteiger partial charge in [0, 0.05) is 25.7 Å². The lowest BCUT2D eigenvalue weighted by atomic mass is 10.2. The van der Waals surface area contributed by atoms with Crippen molar-refractivity contribution in [1.82, 2.24) is 5.32 Å². The summed E-state index contributed by atoms with van der Waals surface area (Å²) < 4.78 is 9.77. The molecule has 0 bridgehead atoms. The minimum atomic E-state index is -0.575. The topological polar surface area (TPSA) is 84.9 Å². The fourth-order valence-electron chi connectivity index (χ4n) is 1.95. The Morgan fingerprint density at radius 3 is 2.17 bits per heavy atom. The third-order valence-corrected chi connectivity index (χ3v) is 2.98. The Labute approximate surface area is 141 Å². The minimum absolute atomic E-state index is 0.174. The summed E-state index contributed by atoms with van der Waals surface area (Å²) in [6.07, 6.45) is -0.535. The first kappa shape index (κ1) is 19.5. The van der Waals surface area contributed by atoms with Gasteiger partial charge in [-0.25, -0.2) is 9.59 Å². The second-order valence-electron chi connectivity index (χ2n) is 6.14. The second kappa shape index (κ2) is 8.33. The number of amides is 2. The predicted molar refractivity (Wildman–Crippen MR) is 90.0 cm³/mol. The van der Waals surface area contributed by atoms with Crippen molar-refractivity contribution in [2.45, 2.75) is 33.3 Å². The van der Waals surface area contributed by atoms with E-state index in [2.05, 4.69) is 10.1 Å². The van der Waals surface area contributed by atoms with Gasteiger partial charge in [0.1, 0.15) is 5.60 Å². The maximum Gasteiger partial charge on any atom is 0.407 e. The molecule has 0 aromatic heterocycles. The van der Waals surface area contributed by atoms with Crippen molar-refractivity contribution < 1.29 is 23.9 Å². The molecule has 1 aromatic rings. The van der Waals surface area contributed by atoms with Crippen molar-refractivity contribution in [1.29, 1.82) is 0 Å². The van der Waals surface area contributed by atoms with E-state index < -0.39 is 17.7 Å². The molecule has 1 rings (SSSR count). The molecule has 0 atom stereocenters. The number of anilines is 1. The molecule has 0 aliphatic heterocycles. The molecule has 0 aliphatic carbocycles. The number of hydrogen-bond donors (Lipinski definition) is 1. The van der Waals surface area contributed by atoms with Crippen molar-refractivity contribution in [3.05, 3.63) is 29.8 Å². The zero-order chi connectivity index (χ0) is 18.3. The van der Waals surface area contributed by atoms with Gasteiger partial charge >= 0.3 is 12.1 Å². The van der Waals surface area contributed by atoms with Crippen LogP contribution in [0, 0.1) is 0 Å². The molecule has 24 heavy (non-hydrogen) atoms. The Kier molecular flexibility index (Phi) is 6.76. The third-order valence-electron chi connectivity index (χ3n) is 2.98. The molecule has 0 saturated carbocycles. The van der Waals surface area contributed by atoms with Gasteiger partial charge in [0.25, 0.3) is 0 Å². The van der Waals surface area contributed by atoms with Gasteiger partial charge in [-0.3, -0.25) is 4.79 Å². The molecule has 0 spiro atoms. The number of carbonyl (C=O) groups is 3. The molecule has 0 unspecified atom stereocenters. The molecule has 0 fully saturated rings. The SMILES string of the molecule is COC(=O)c1ccc(N(CCNC(=O)OC(C)(C)C)C(C)=O)cc1. The number of esters is 1. The number of benzene rings is 1. The Morgan fingerprint density at radius 1 is 1.12 bits per heavy atom. The summed E-state index contributed by atoms with van der Waals surface area (Å²) in [5.74, 6) is -0.616. The lowest BCUT2D eigenvalue weighted by Crippen LogP contribution is -2.39. The van der Waals surface area contributed by atoms with Gasteiger partial charge in [-0.2, -0.15) is 0 Å². The summed E-state index contributed by atoms with van der Waals surface area (Å²) in [6, 6.07) is 6.47. The molecular weight excluding hydrogens is 312 g/mol. The normalized spacial score (nSPS) is 10.7. The van der Waals surface area contributed by atoms with E-state index in [0.717, 1.165) is 0 Å². The van der Waals surface area contributed by atoms with Crippen molar-refractivity contribution in [3.8, 4) is 0 Å². The van der Waals surface area contributed by atoms with E-state index in [-0.39, 0.29) is 19.0 Å². The van der Waals surface area contributed by atoms with Crippen LogP contribution < -0.4 is 10.2 Å². The largest absolute Gasteiger partial charge is 0.465 e. The Bertz CT molecular complexity index is 590. The number of hydrogen-bond acceptors (Lipinski definition) is 5. The molecule has 7 heteroatoms. The fraction of sp³-hybridized carbons (Fsp3) is 0.471. The second-order valence-corrected chi connectivity index (χ2v) is 6.14. The predicted octanol–water partition coefficient (Wildman–Crippen LogP) is 2.35. The smallest absolute Gasteiger partial charge is 0.407 e. The van der Waals surface area contributed by atoms with E-state index in [9.17, 15) is 14.4 Å². The molecule has 0 radical (unpaired) electrons. The molecule has 132 valence electrons. The van der Waals surface area contributed by atoms with Gasteiger partial charge < -0.3 is 19.7 Å². The van der Waals surface area contributed by atoms with E-state index in [1.165, 1.54) is 18.9 Å². The van der Waals surface area contributed by atoms with Gasteiger partial charge in [-0.05, 0) is 45.0 Å². The number of nitrogens with one attached hydrogen (secondary N) is 1. The van der Waals surface area contributed by atoms with Gasteiger partial charge in [-0.15, -0.1) is 0 Å². The van der Waals surface area contributed by atoms with Crippen LogP contribution in [-0.4, -0.2) is 43.8 Å². The van der Waals surface area contributed by atoms with E-state index in [4.69, 9.17) is 4.74 Å². The zero-order valence-electron chi connectivity index (χ0n) is 14.7. The number of carbonyl (C=O) groups excluding carboxylic acids is 3. The molecule has 0 saturated heterocycles. The fourth-order valence-corrected chi connectivity index (χ4v) is 1.95. The van der Waals surface area contributed by atoms with E-state index in [1.807, 2.05) is 0 Å². The van der Waals surface area contributed by atoms with Gasteiger partial charge in [0.2, 0.25) is 5.91 Å². The van der Waals surface area contributed by atoms with E-state index in [1.54, 1.807) is 45.0 Å². The minimum Gasteiger partial charge on any atom is -0.465 e. The van der Waals surface area contributed by atoms with Gasteiger partial charge in [0.05, 0.1) is 12.7 Å². The van der Waals surface area contributed by atoms with Crippen molar-refractivity contribution in [2.24, 2.45) is 0 Å². The molecule has 7 nitrogen and oxygen atoms in total. The Morgan fingerprint density at radius 2 is 1.71 bits per heavy atom. The standard InChI is InChI=1S/C17H24N2O5/c1-12(20)19(11-10-18-16(22)24-17(2,3)4)14-8-6-13(7-9-14)15(21)23-5/h6-9H,10-11H2,1-5H3,(H,18,22). The highest BCUT2D eigenvalue weighted by atomic mass is 16.6. The van der Waals surface area contributed by atoms with Crippen LogP contribution in [0.3, 0.4) is 0 Å². The van der Waals surface area contributed by atoms with Crippen LogP contribution in [0.1, 0.15) is 38.1 Å². The summed E-state index contributed by atoms with van der Waals surface area (Å²) >= 11 is 0. The average molecular weight is 336 g/mol. The first-order valence-corrected chi connectivity index (χ1v) is 7.57. The molecule has 1 N–H and O–H groups in total. The summed E-state index contributed by atoms with van der Waals surface area (Å²) in [7, 11) is 1.31. The molecule has 0 heterocycles. The highest BCUT2D eigenvalue weighted by Crippen LogP contribution is 2.16.